The molecule has 1 saturated heterocycles. The fraction of sp³-hybridized carbons (Fsp3) is 0.316. The summed E-state index contributed by atoms with van der Waals surface area (Å²) in [7, 11) is 0. The van der Waals surface area contributed by atoms with E-state index in [0.717, 1.165) is 15.8 Å². The number of hydrogen-bond acceptors (Lipinski definition) is 4. The average molecular weight is 406 g/mol. The van der Waals surface area contributed by atoms with Gasteiger partial charge >= 0.3 is 6.09 Å². The van der Waals surface area contributed by atoms with Crippen molar-refractivity contribution in [2.24, 2.45) is 0 Å². The number of benzene rings is 2. The third kappa shape index (κ3) is 4.52. The van der Waals surface area contributed by atoms with E-state index >= 15 is 0 Å². The van der Waals surface area contributed by atoms with Gasteiger partial charge in [0, 0.05) is 4.47 Å². The fourth-order valence-electron chi connectivity index (χ4n) is 2.52. The molecule has 25 heavy (non-hydrogen) atoms. The maximum atomic E-state index is 12.2. The van der Waals surface area contributed by atoms with E-state index < -0.39 is 11.6 Å². The number of rotatable bonds is 6. The second-order valence-electron chi connectivity index (χ2n) is 6.05. The number of carbonyl (C=O) groups is 1. The van der Waals surface area contributed by atoms with Crippen LogP contribution in [-0.4, -0.2) is 30.9 Å². The summed E-state index contributed by atoms with van der Waals surface area (Å²) in [6.07, 6.45) is -0.731. The molecule has 1 aliphatic heterocycles. The number of halogens is 1. The average Bonchev–Trinajstić information content (AvgIpc) is 2.59. The van der Waals surface area contributed by atoms with E-state index in [9.17, 15) is 4.79 Å². The minimum atomic E-state index is -0.582. The van der Waals surface area contributed by atoms with E-state index in [1.165, 1.54) is 0 Å². The number of nitrogens with one attached hydrogen (secondary N) is 1. The van der Waals surface area contributed by atoms with E-state index in [4.69, 9.17) is 14.2 Å². The van der Waals surface area contributed by atoms with Crippen molar-refractivity contribution in [2.75, 3.05) is 13.2 Å². The highest BCUT2D eigenvalue weighted by molar-refractivity contribution is 9.10. The monoisotopic (exact) mass is 405 g/mol. The third-order valence-corrected chi connectivity index (χ3v) is 4.72. The SMILES string of the molecule is CC(Oc1ccc(Br)cc1)C1(NC(=O)OCc2ccccc2)COC1. The Kier molecular flexibility index (Phi) is 5.60. The second-order valence-corrected chi connectivity index (χ2v) is 6.97. The molecule has 1 heterocycles. The molecule has 1 unspecified atom stereocenters. The van der Waals surface area contributed by atoms with E-state index in [2.05, 4.69) is 21.2 Å². The first-order valence-electron chi connectivity index (χ1n) is 8.06. The summed E-state index contributed by atoms with van der Waals surface area (Å²) in [5.41, 5.74) is 0.358. The second kappa shape index (κ2) is 7.89. The smallest absolute Gasteiger partial charge is 0.408 e. The number of amides is 1. The molecule has 3 rings (SSSR count). The minimum absolute atomic E-state index is 0.228. The van der Waals surface area contributed by atoms with Crippen molar-refractivity contribution in [3.8, 4) is 5.75 Å². The standard InChI is InChI=1S/C19H20BrNO4/c1-14(25-17-9-7-16(20)8-10-17)19(12-23-13-19)21-18(22)24-11-15-5-3-2-4-6-15/h2-10,14H,11-13H2,1H3,(H,21,22). The zero-order chi connectivity index (χ0) is 17.7. The maximum Gasteiger partial charge on any atom is 0.408 e. The summed E-state index contributed by atoms with van der Waals surface area (Å²) in [5, 5.41) is 2.91. The number of ether oxygens (including phenoxy) is 3. The van der Waals surface area contributed by atoms with Gasteiger partial charge in [-0.15, -0.1) is 0 Å². The summed E-state index contributed by atoms with van der Waals surface area (Å²) in [5.74, 6) is 0.737. The zero-order valence-electron chi connectivity index (χ0n) is 13.9. The molecule has 1 N–H and O–H groups in total. The van der Waals surface area contributed by atoms with Gasteiger partial charge in [-0.1, -0.05) is 46.3 Å². The van der Waals surface area contributed by atoms with Crippen LogP contribution in [0.4, 0.5) is 4.79 Å². The van der Waals surface area contributed by atoms with Gasteiger partial charge in [0.25, 0.3) is 0 Å². The van der Waals surface area contributed by atoms with Crippen LogP contribution >= 0.6 is 15.9 Å². The van der Waals surface area contributed by atoms with Crippen molar-refractivity contribution in [1.82, 2.24) is 5.32 Å². The van der Waals surface area contributed by atoms with Crippen LogP contribution in [0.25, 0.3) is 0 Å². The zero-order valence-corrected chi connectivity index (χ0v) is 15.5. The first-order chi connectivity index (χ1) is 12.1. The molecule has 1 amide bonds. The highest BCUT2D eigenvalue weighted by Gasteiger charge is 2.47. The molecule has 0 aliphatic carbocycles. The Morgan fingerprint density at radius 1 is 1.20 bits per heavy atom. The number of hydrogen-bond donors (Lipinski definition) is 1. The van der Waals surface area contributed by atoms with Crippen molar-refractivity contribution in [2.45, 2.75) is 25.2 Å². The highest BCUT2D eigenvalue weighted by Crippen LogP contribution is 2.26. The van der Waals surface area contributed by atoms with Gasteiger partial charge in [-0.25, -0.2) is 4.79 Å². The molecule has 1 fully saturated rings. The maximum absolute atomic E-state index is 12.2. The van der Waals surface area contributed by atoms with Crippen molar-refractivity contribution < 1.29 is 19.0 Å². The molecule has 0 radical (unpaired) electrons. The van der Waals surface area contributed by atoms with E-state index in [0.29, 0.717) is 13.2 Å². The molecule has 0 saturated carbocycles. The van der Waals surface area contributed by atoms with Crippen LogP contribution in [0.15, 0.2) is 59.1 Å². The Morgan fingerprint density at radius 2 is 1.88 bits per heavy atom. The molecule has 5 nitrogen and oxygen atoms in total. The van der Waals surface area contributed by atoms with Crippen molar-refractivity contribution in [3.05, 3.63) is 64.6 Å². The van der Waals surface area contributed by atoms with Crippen LogP contribution in [0, 0.1) is 0 Å². The van der Waals surface area contributed by atoms with Crippen LogP contribution in [0.1, 0.15) is 12.5 Å². The molecule has 1 aliphatic rings. The van der Waals surface area contributed by atoms with Gasteiger partial charge in [0.15, 0.2) is 0 Å². The van der Waals surface area contributed by atoms with Gasteiger partial charge in [-0.3, -0.25) is 0 Å². The molecule has 1 atom stereocenters. The summed E-state index contributed by atoms with van der Waals surface area (Å²) in [6.45, 7) is 2.93. The molecule has 132 valence electrons. The van der Waals surface area contributed by atoms with Gasteiger partial charge in [0.2, 0.25) is 0 Å². The quantitative estimate of drug-likeness (QED) is 0.791. The van der Waals surface area contributed by atoms with E-state index in [1.807, 2.05) is 61.5 Å². The van der Waals surface area contributed by atoms with Gasteiger partial charge < -0.3 is 19.5 Å². The van der Waals surface area contributed by atoms with E-state index in [1.54, 1.807) is 0 Å². The molecule has 0 spiro atoms. The fourth-order valence-corrected chi connectivity index (χ4v) is 2.79. The molecule has 2 aromatic carbocycles. The van der Waals surface area contributed by atoms with Crippen LogP contribution in [0.2, 0.25) is 0 Å². The van der Waals surface area contributed by atoms with Gasteiger partial charge in [0.1, 0.15) is 24.0 Å². The minimum Gasteiger partial charge on any atom is -0.488 e. The topological polar surface area (TPSA) is 56.8 Å². The van der Waals surface area contributed by atoms with Crippen molar-refractivity contribution >= 4 is 22.0 Å². The van der Waals surface area contributed by atoms with Crippen LogP contribution in [-0.2, 0) is 16.1 Å². The van der Waals surface area contributed by atoms with Gasteiger partial charge in [0.05, 0.1) is 13.2 Å². The summed E-state index contributed by atoms with van der Waals surface area (Å²) >= 11 is 3.40. The predicted molar refractivity (Wildman–Crippen MR) is 97.5 cm³/mol. The Labute approximate surface area is 155 Å². The highest BCUT2D eigenvalue weighted by atomic mass is 79.9. The number of carbonyl (C=O) groups excluding carboxylic acids is 1. The first-order valence-corrected chi connectivity index (χ1v) is 8.85. The van der Waals surface area contributed by atoms with Gasteiger partial charge in [-0.05, 0) is 36.8 Å². The molecule has 2 aromatic rings. The summed E-state index contributed by atoms with van der Waals surface area (Å²) in [4.78, 5) is 12.2. The van der Waals surface area contributed by atoms with E-state index in [-0.39, 0.29) is 12.7 Å². The predicted octanol–water partition coefficient (Wildman–Crippen LogP) is 3.91. The largest absolute Gasteiger partial charge is 0.488 e. The molecule has 0 aromatic heterocycles. The first kappa shape index (κ1) is 17.8. The summed E-state index contributed by atoms with van der Waals surface area (Å²) < 4.78 is 17.6. The lowest BCUT2D eigenvalue weighted by atomic mass is 9.91. The molecule has 0 bridgehead atoms. The summed E-state index contributed by atoms with van der Waals surface area (Å²) in [6, 6.07) is 17.1. The van der Waals surface area contributed by atoms with Crippen LogP contribution in [0.3, 0.4) is 0 Å². The van der Waals surface area contributed by atoms with Crippen LogP contribution in [0.5, 0.6) is 5.75 Å². The Hall–Kier alpha value is -2.05. The van der Waals surface area contributed by atoms with Crippen LogP contribution < -0.4 is 10.1 Å². The lowest BCUT2D eigenvalue weighted by molar-refractivity contribution is -0.116. The Bertz CT molecular complexity index is 701. The molecular formula is C19H20BrNO4. The lowest BCUT2D eigenvalue weighted by Gasteiger charge is -2.45. The van der Waals surface area contributed by atoms with Crippen molar-refractivity contribution in [1.29, 1.82) is 0 Å². The van der Waals surface area contributed by atoms with Crippen molar-refractivity contribution in [3.63, 3.8) is 0 Å². The third-order valence-electron chi connectivity index (χ3n) is 4.19. The van der Waals surface area contributed by atoms with Gasteiger partial charge in [-0.2, -0.15) is 0 Å². The Morgan fingerprint density at radius 3 is 2.48 bits per heavy atom. The Balaban J connectivity index is 1.56. The number of alkyl carbamates (subject to hydrolysis) is 1. The molecular weight excluding hydrogens is 386 g/mol. The lowest BCUT2D eigenvalue weighted by Crippen LogP contribution is -2.69. The normalized spacial score (nSPS) is 16.4. The molecule has 6 heteroatoms.